The summed E-state index contributed by atoms with van der Waals surface area (Å²) < 4.78 is 23.3. The number of hydrogen-bond donors (Lipinski definition) is 1. The lowest BCUT2D eigenvalue weighted by Gasteiger charge is -2.38. The number of hydrogen-bond acceptors (Lipinski definition) is 6. The minimum absolute atomic E-state index is 0.0577. The van der Waals surface area contributed by atoms with Crippen LogP contribution in [0.2, 0.25) is 0 Å². The predicted octanol–water partition coefficient (Wildman–Crippen LogP) is 5.31. The SMILES string of the molecule is [C-]#[N+]c1ccc(N2CCN(c3c(F)cc4c(=O)c(C(=O)O)cn(-c5ccc(CN6CCCC6)cc5)c4c3OC)CC2)cc1. The molecular formula is C33H32FN5O4. The topological polar surface area (TPSA) is 82.6 Å². The Labute approximate surface area is 248 Å². The summed E-state index contributed by atoms with van der Waals surface area (Å²) in [6.45, 7) is 12.4. The van der Waals surface area contributed by atoms with Crippen LogP contribution in [0.4, 0.5) is 21.5 Å². The number of halogens is 1. The first-order chi connectivity index (χ1) is 20.9. The van der Waals surface area contributed by atoms with Crippen molar-refractivity contribution in [1.82, 2.24) is 9.47 Å². The Morgan fingerprint density at radius 3 is 2.19 bits per heavy atom. The number of rotatable bonds is 7. The number of carboxylic acid groups (broad SMARTS) is 1. The first kappa shape index (κ1) is 28.2. The number of benzene rings is 3. The van der Waals surface area contributed by atoms with E-state index in [4.69, 9.17) is 11.3 Å². The van der Waals surface area contributed by atoms with E-state index >= 15 is 4.39 Å². The van der Waals surface area contributed by atoms with E-state index in [0.717, 1.165) is 37.0 Å². The summed E-state index contributed by atoms with van der Waals surface area (Å²) in [5, 5.41) is 9.77. The highest BCUT2D eigenvalue weighted by molar-refractivity contribution is 5.97. The van der Waals surface area contributed by atoms with Crippen molar-refractivity contribution in [2.45, 2.75) is 19.4 Å². The Kier molecular flexibility index (Phi) is 7.74. The van der Waals surface area contributed by atoms with Crippen molar-refractivity contribution in [2.24, 2.45) is 0 Å². The summed E-state index contributed by atoms with van der Waals surface area (Å²) in [5.41, 5.74) is 2.68. The molecule has 0 saturated carbocycles. The van der Waals surface area contributed by atoms with Crippen molar-refractivity contribution >= 4 is 33.9 Å². The summed E-state index contributed by atoms with van der Waals surface area (Å²) >= 11 is 0. The lowest BCUT2D eigenvalue weighted by molar-refractivity contribution is 0.0695. The molecule has 1 aromatic heterocycles. The van der Waals surface area contributed by atoms with Gasteiger partial charge >= 0.3 is 5.97 Å². The number of aromatic carboxylic acids is 1. The molecule has 0 spiro atoms. The number of pyridine rings is 1. The molecule has 0 amide bonds. The van der Waals surface area contributed by atoms with E-state index < -0.39 is 22.8 Å². The molecule has 4 aromatic rings. The zero-order valence-electron chi connectivity index (χ0n) is 23.9. The molecule has 2 aliphatic rings. The van der Waals surface area contributed by atoms with Gasteiger partial charge < -0.3 is 24.2 Å². The first-order valence-electron chi connectivity index (χ1n) is 14.4. The molecular weight excluding hydrogens is 549 g/mol. The average molecular weight is 582 g/mol. The van der Waals surface area contributed by atoms with Crippen LogP contribution in [-0.4, -0.2) is 66.9 Å². The Balaban J connectivity index is 1.40. The zero-order valence-corrected chi connectivity index (χ0v) is 23.9. The number of methoxy groups -OCH3 is 1. The fourth-order valence-corrected chi connectivity index (χ4v) is 6.15. The quantitative estimate of drug-likeness (QED) is 0.296. The molecule has 0 radical (unpaired) electrons. The summed E-state index contributed by atoms with van der Waals surface area (Å²) in [6.07, 6.45) is 3.70. The van der Waals surface area contributed by atoms with Crippen LogP contribution < -0.4 is 20.0 Å². The molecule has 0 aliphatic carbocycles. The summed E-state index contributed by atoms with van der Waals surface area (Å²) in [7, 11) is 1.44. The normalized spacial score (nSPS) is 15.6. The third kappa shape index (κ3) is 5.40. The van der Waals surface area contributed by atoms with Gasteiger partial charge in [-0.1, -0.05) is 24.3 Å². The van der Waals surface area contributed by atoms with Gasteiger partial charge in [0.05, 0.1) is 19.1 Å². The van der Waals surface area contributed by atoms with Gasteiger partial charge in [0, 0.05) is 50.3 Å². The molecule has 6 rings (SSSR count). The molecule has 3 aromatic carbocycles. The number of anilines is 2. The van der Waals surface area contributed by atoms with E-state index in [2.05, 4.69) is 14.6 Å². The summed E-state index contributed by atoms with van der Waals surface area (Å²) in [6, 6.07) is 16.3. The molecule has 10 heteroatoms. The first-order valence-corrected chi connectivity index (χ1v) is 14.4. The fourth-order valence-electron chi connectivity index (χ4n) is 6.15. The lowest BCUT2D eigenvalue weighted by atomic mass is 10.1. The number of fused-ring (bicyclic) bond motifs is 1. The van der Waals surface area contributed by atoms with Crippen molar-refractivity contribution in [2.75, 3.05) is 56.2 Å². The van der Waals surface area contributed by atoms with Crippen molar-refractivity contribution in [3.05, 3.63) is 99.4 Å². The van der Waals surface area contributed by atoms with Crippen LogP contribution in [0, 0.1) is 12.4 Å². The average Bonchev–Trinajstić information content (AvgIpc) is 3.54. The molecule has 43 heavy (non-hydrogen) atoms. The van der Waals surface area contributed by atoms with Gasteiger partial charge in [0.2, 0.25) is 5.43 Å². The van der Waals surface area contributed by atoms with Crippen molar-refractivity contribution in [3.8, 4) is 11.4 Å². The maximum Gasteiger partial charge on any atom is 0.341 e. The van der Waals surface area contributed by atoms with Crippen molar-refractivity contribution in [1.29, 1.82) is 0 Å². The Morgan fingerprint density at radius 1 is 0.953 bits per heavy atom. The van der Waals surface area contributed by atoms with Crippen molar-refractivity contribution in [3.63, 3.8) is 0 Å². The van der Waals surface area contributed by atoms with Crippen LogP contribution in [0.15, 0.2) is 65.6 Å². The maximum atomic E-state index is 15.9. The molecule has 0 bridgehead atoms. The number of aromatic nitrogens is 1. The number of nitrogens with zero attached hydrogens (tertiary/aromatic N) is 5. The zero-order chi connectivity index (χ0) is 30.1. The van der Waals surface area contributed by atoms with Crippen LogP contribution in [-0.2, 0) is 6.54 Å². The number of likely N-dealkylation sites (tertiary alicyclic amines) is 1. The number of carbonyl (C=O) groups is 1. The highest BCUT2D eigenvalue weighted by Gasteiger charge is 2.28. The van der Waals surface area contributed by atoms with Crippen LogP contribution in [0.5, 0.6) is 5.75 Å². The van der Waals surface area contributed by atoms with Gasteiger partial charge in [-0.05, 0) is 61.8 Å². The number of carboxylic acids is 1. The second-order valence-corrected chi connectivity index (χ2v) is 10.9. The van der Waals surface area contributed by atoms with Gasteiger partial charge in [-0.2, -0.15) is 0 Å². The van der Waals surface area contributed by atoms with E-state index in [1.165, 1.54) is 26.1 Å². The van der Waals surface area contributed by atoms with E-state index in [-0.39, 0.29) is 16.8 Å². The summed E-state index contributed by atoms with van der Waals surface area (Å²) in [5.74, 6) is -1.85. The number of ether oxygens (including phenoxy) is 1. The molecule has 2 aliphatic heterocycles. The van der Waals surface area contributed by atoms with Gasteiger partial charge in [0.1, 0.15) is 16.8 Å². The van der Waals surface area contributed by atoms with Crippen LogP contribution in [0.3, 0.4) is 0 Å². The predicted molar refractivity (Wildman–Crippen MR) is 165 cm³/mol. The highest BCUT2D eigenvalue weighted by Crippen LogP contribution is 2.40. The third-order valence-electron chi connectivity index (χ3n) is 8.36. The molecule has 220 valence electrons. The summed E-state index contributed by atoms with van der Waals surface area (Å²) in [4.78, 5) is 35.3. The smallest absolute Gasteiger partial charge is 0.341 e. The number of piperazine rings is 1. The van der Waals surface area contributed by atoms with E-state index in [9.17, 15) is 14.7 Å². The molecule has 3 heterocycles. The largest absolute Gasteiger partial charge is 0.492 e. The van der Waals surface area contributed by atoms with Gasteiger partial charge in [0.15, 0.2) is 17.3 Å². The maximum absolute atomic E-state index is 15.9. The molecule has 9 nitrogen and oxygen atoms in total. The Bertz CT molecular complexity index is 1770. The van der Waals surface area contributed by atoms with E-state index in [1.807, 2.05) is 41.3 Å². The van der Waals surface area contributed by atoms with Gasteiger partial charge in [-0.3, -0.25) is 9.69 Å². The Hall–Kier alpha value is -4.88. The molecule has 0 unspecified atom stereocenters. The minimum Gasteiger partial charge on any atom is -0.492 e. The molecule has 1 N–H and O–H groups in total. The second kappa shape index (κ2) is 11.8. The standard InChI is InChI=1S/C33H32FN5O4/c1-35-23-7-11-24(12-8-23)37-15-17-38(18-16-37)30-28(34)19-26-29(32(30)43-2)39(21-27(31(26)40)33(41)42)25-9-5-22(6-10-25)20-36-13-3-4-14-36/h5-12,19,21H,3-4,13-18,20H2,2H3,(H,41,42). The third-order valence-corrected chi connectivity index (χ3v) is 8.36. The monoisotopic (exact) mass is 581 g/mol. The molecule has 2 saturated heterocycles. The van der Waals surface area contributed by atoms with Crippen LogP contribution in [0.1, 0.15) is 28.8 Å². The lowest BCUT2D eigenvalue weighted by Crippen LogP contribution is -2.47. The van der Waals surface area contributed by atoms with Crippen LogP contribution in [0.25, 0.3) is 21.4 Å². The van der Waals surface area contributed by atoms with E-state index in [0.29, 0.717) is 43.1 Å². The second-order valence-electron chi connectivity index (χ2n) is 10.9. The van der Waals surface area contributed by atoms with E-state index in [1.54, 1.807) is 16.7 Å². The highest BCUT2D eigenvalue weighted by atomic mass is 19.1. The Morgan fingerprint density at radius 2 is 1.58 bits per heavy atom. The van der Waals surface area contributed by atoms with Gasteiger partial charge in [-0.15, -0.1) is 0 Å². The van der Waals surface area contributed by atoms with Gasteiger partial charge in [0.25, 0.3) is 0 Å². The fraction of sp³-hybridized carbons (Fsp3) is 0.303. The van der Waals surface area contributed by atoms with Crippen LogP contribution >= 0.6 is 0 Å². The minimum atomic E-state index is -1.38. The molecule has 0 atom stereocenters. The molecule has 2 fully saturated rings. The van der Waals surface area contributed by atoms with Gasteiger partial charge in [-0.25, -0.2) is 14.0 Å². The van der Waals surface area contributed by atoms with Crippen molar-refractivity contribution < 1.29 is 19.0 Å².